The Morgan fingerprint density at radius 2 is 1.72 bits per heavy atom. The van der Waals surface area contributed by atoms with Crippen molar-refractivity contribution >= 4 is 29.4 Å². The van der Waals surface area contributed by atoms with Crippen LogP contribution >= 0.6 is 0 Å². The highest BCUT2D eigenvalue weighted by molar-refractivity contribution is 6.08. The minimum absolute atomic E-state index is 0.359. The van der Waals surface area contributed by atoms with Gasteiger partial charge in [0.05, 0.1) is 18.9 Å². The third-order valence-electron chi connectivity index (χ3n) is 5.27. The minimum Gasteiger partial charge on any atom is -0.497 e. The van der Waals surface area contributed by atoms with E-state index in [-0.39, 0.29) is 11.8 Å². The van der Waals surface area contributed by atoms with Crippen molar-refractivity contribution in [1.29, 1.82) is 0 Å². The maximum Gasteiger partial charge on any atom is 0.329 e. The Morgan fingerprint density at radius 3 is 2.31 bits per heavy atom. The fourth-order valence-electron chi connectivity index (χ4n) is 3.58. The summed E-state index contributed by atoms with van der Waals surface area (Å²) in [6.45, 7) is 2.87. The minimum atomic E-state index is -1.10. The molecular weight excluding hydrogens is 376 g/mol. The van der Waals surface area contributed by atoms with Gasteiger partial charge in [-0.3, -0.25) is 19.3 Å². The average molecular weight is 400 g/mol. The van der Waals surface area contributed by atoms with Crippen LogP contribution in [-0.2, 0) is 23.9 Å². The third-order valence-corrected chi connectivity index (χ3v) is 5.27. The molecule has 1 saturated heterocycles. The van der Waals surface area contributed by atoms with Gasteiger partial charge in [-0.2, -0.15) is 0 Å². The number of nitrogens with one attached hydrogen (secondary N) is 1. The Balaban J connectivity index is 1.60. The van der Waals surface area contributed by atoms with Gasteiger partial charge in [0.2, 0.25) is 11.8 Å². The second-order valence-electron chi connectivity index (χ2n) is 7.18. The molecular formula is C21H24N2O6. The third kappa shape index (κ3) is 4.16. The SMILES string of the molecule is COc1cccc(NC(=O)[C@H](C)OC(=O)[C@H](C)N2C(=O)[C@H]3CC=CC[C@H]3C2=O)c1. The lowest BCUT2D eigenvalue weighted by atomic mass is 9.85. The lowest BCUT2D eigenvalue weighted by Crippen LogP contribution is -2.46. The lowest BCUT2D eigenvalue weighted by molar-refractivity contribution is -0.163. The molecule has 1 heterocycles. The molecule has 3 rings (SSSR count). The summed E-state index contributed by atoms with van der Waals surface area (Å²) < 4.78 is 10.3. The van der Waals surface area contributed by atoms with Crippen LogP contribution in [0.4, 0.5) is 5.69 Å². The normalized spacial score (nSPS) is 22.7. The van der Waals surface area contributed by atoms with Gasteiger partial charge in [0.15, 0.2) is 6.10 Å². The van der Waals surface area contributed by atoms with Gasteiger partial charge in [-0.05, 0) is 38.8 Å². The molecule has 2 aliphatic rings. The summed E-state index contributed by atoms with van der Waals surface area (Å²) in [4.78, 5) is 51.0. The first-order valence-electron chi connectivity index (χ1n) is 9.50. The molecule has 1 fully saturated rings. The van der Waals surface area contributed by atoms with Gasteiger partial charge in [-0.15, -0.1) is 0 Å². The number of rotatable bonds is 6. The van der Waals surface area contributed by atoms with Crippen LogP contribution in [0.2, 0.25) is 0 Å². The van der Waals surface area contributed by atoms with E-state index in [4.69, 9.17) is 9.47 Å². The van der Waals surface area contributed by atoms with E-state index in [9.17, 15) is 19.2 Å². The Morgan fingerprint density at radius 1 is 1.10 bits per heavy atom. The van der Waals surface area contributed by atoms with Crippen LogP contribution in [0.25, 0.3) is 0 Å². The van der Waals surface area contributed by atoms with E-state index >= 15 is 0 Å². The first-order chi connectivity index (χ1) is 13.8. The molecule has 1 aromatic carbocycles. The lowest BCUT2D eigenvalue weighted by Gasteiger charge is -2.23. The number of hydrogen-bond donors (Lipinski definition) is 1. The molecule has 1 aliphatic carbocycles. The van der Waals surface area contributed by atoms with Gasteiger partial charge in [0.1, 0.15) is 11.8 Å². The van der Waals surface area contributed by atoms with Gasteiger partial charge in [-0.25, -0.2) is 4.79 Å². The molecule has 0 saturated carbocycles. The summed E-state index contributed by atoms with van der Waals surface area (Å²) in [5.74, 6) is -2.32. The summed E-state index contributed by atoms with van der Waals surface area (Å²) in [6, 6.07) is 5.67. The number of ether oxygens (including phenoxy) is 2. The predicted octanol–water partition coefficient (Wildman–Crippen LogP) is 1.91. The topological polar surface area (TPSA) is 102 Å². The van der Waals surface area contributed by atoms with Gasteiger partial charge in [-0.1, -0.05) is 18.2 Å². The Kier molecular flexibility index (Phi) is 6.00. The summed E-state index contributed by atoms with van der Waals surface area (Å²) in [5.41, 5.74) is 0.492. The van der Waals surface area contributed by atoms with Gasteiger partial charge in [0.25, 0.3) is 5.91 Å². The zero-order chi connectivity index (χ0) is 21.1. The molecule has 1 aromatic rings. The molecule has 3 amide bonds. The largest absolute Gasteiger partial charge is 0.497 e. The number of methoxy groups -OCH3 is 1. The number of esters is 1. The van der Waals surface area contributed by atoms with E-state index in [0.717, 1.165) is 4.90 Å². The van der Waals surface area contributed by atoms with Crippen LogP contribution in [0, 0.1) is 11.8 Å². The highest BCUT2D eigenvalue weighted by Crippen LogP contribution is 2.36. The molecule has 0 spiro atoms. The maximum atomic E-state index is 12.6. The highest BCUT2D eigenvalue weighted by atomic mass is 16.5. The number of carbonyl (C=O) groups excluding carboxylic acids is 4. The molecule has 0 unspecified atom stereocenters. The summed E-state index contributed by atoms with van der Waals surface area (Å²) in [6.07, 6.45) is 3.64. The van der Waals surface area contributed by atoms with E-state index in [2.05, 4.69) is 5.32 Å². The smallest absolute Gasteiger partial charge is 0.329 e. The zero-order valence-corrected chi connectivity index (χ0v) is 16.6. The van der Waals surface area contributed by atoms with E-state index in [0.29, 0.717) is 24.3 Å². The summed E-state index contributed by atoms with van der Waals surface area (Å²) >= 11 is 0. The first kappa shape index (κ1) is 20.6. The fourth-order valence-corrected chi connectivity index (χ4v) is 3.58. The summed E-state index contributed by atoms with van der Waals surface area (Å²) in [7, 11) is 1.51. The van der Waals surface area contributed by atoms with Crippen LogP contribution in [0.15, 0.2) is 36.4 Å². The second kappa shape index (κ2) is 8.46. The number of imide groups is 1. The highest BCUT2D eigenvalue weighted by Gasteiger charge is 2.50. The van der Waals surface area contributed by atoms with Crippen LogP contribution in [0.1, 0.15) is 26.7 Å². The molecule has 8 heteroatoms. The number of amides is 3. The van der Waals surface area contributed by atoms with E-state index in [1.165, 1.54) is 21.0 Å². The standard InChI is InChI=1S/C21H24N2O6/c1-12(23-19(25)16-9-4-5-10-17(16)20(23)26)21(27)29-13(2)18(24)22-14-7-6-8-15(11-14)28-3/h4-8,11-13,16-17H,9-10H2,1-3H3,(H,22,24)/t12-,13-,16-,17+/m0/s1. The van der Waals surface area contributed by atoms with Crippen molar-refractivity contribution in [3.05, 3.63) is 36.4 Å². The van der Waals surface area contributed by atoms with E-state index in [1.54, 1.807) is 24.3 Å². The van der Waals surface area contributed by atoms with Crippen LogP contribution in [0.5, 0.6) is 5.75 Å². The number of fused-ring (bicyclic) bond motifs is 1. The van der Waals surface area contributed by atoms with Crippen molar-refractivity contribution in [3.63, 3.8) is 0 Å². The Labute approximate surface area is 168 Å². The molecule has 0 bridgehead atoms. The van der Waals surface area contributed by atoms with Gasteiger partial charge in [0, 0.05) is 11.8 Å². The predicted molar refractivity (Wildman–Crippen MR) is 104 cm³/mol. The van der Waals surface area contributed by atoms with E-state index < -0.39 is 35.9 Å². The van der Waals surface area contributed by atoms with Crippen LogP contribution in [0.3, 0.4) is 0 Å². The molecule has 0 radical (unpaired) electrons. The Bertz CT molecular complexity index is 838. The number of nitrogens with zero attached hydrogens (tertiary/aromatic N) is 1. The molecule has 4 atom stereocenters. The van der Waals surface area contributed by atoms with Crippen molar-refractivity contribution in [1.82, 2.24) is 4.90 Å². The first-order valence-corrected chi connectivity index (χ1v) is 9.50. The number of carbonyl (C=O) groups is 4. The molecule has 1 aliphatic heterocycles. The number of likely N-dealkylation sites (tertiary alicyclic amines) is 1. The summed E-state index contributed by atoms with van der Waals surface area (Å²) in [5, 5.41) is 2.64. The maximum absolute atomic E-state index is 12.6. The number of hydrogen-bond acceptors (Lipinski definition) is 6. The number of anilines is 1. The Hall–Kier alpha value is -3.16. The van der Waals surface area contributed by atoms with Crippen molar-refractivity contribution in [2.24, 2.45) is 11.8 Å². The molecule has 1 N–H and O–H groups in total. The number of allylic oxidation sites excluding steroid dienone is 2. The fraction of sp³-hybridized carbons (Fsp3) is 0.429. The van der Waals surface area contributed by atoms with Crippen LogP contribution < -0.4 is 10.1 Å². The van der Waals surface area contributed by atoms with E-state index in [1.807, 2.05) is 12.2 Å². The van der Waals surface area contributed by atoms with Crippen molar-refractivity contribution < 1.29 is 28.7 Å². The molecule has 154 valence electrons. The quantitative estimate of drug-likeness (QED) is 0.445. The second-order valence-corrected chi connectivity index (χ2v) is 7.18. The molecule has 29 heavy (non-hydrogen) atoms. The van der Waals surface area contributed by atoms with Gasteiger partial charge >= 0.3 is 5.97 Å². The number of benzene rings is 1. The molecule has 0 aromatic heterocycles. The van der Waals surface area contributed by atoms with Gasteiger partial charge < -0.3 is 14.8 Å². The zero-order valence-electron chi connectivity index (χ0n) is 16.6. The van der Waals surface area contributed by atoms with Crippen molar-refractivity contribution in [3.8, 4) is 5.75 Å². The average Bonchev–Trinajstić information content (AvgIpc) is 2.98. The van der Waals surface area contributed by atoms with Crippen LogP contribution in [-0.4, -0.2) is 47.8 Å². The van der Waals surface area contributed by atoms with Crippen molar-refractivity contribution in [2.75, 3.05) is 12.4 Å². The molecule has 8 nitrogen and oxygen atoms in total. The van der Waals surface area contributed by atoms with Crippen molar-refractivity contribution in [2.45, 2.75) is 38.8 Å². The monoisotopic (exact) mass is 400 g/mol.